The monoisotopic (exact) mass is 327 g/mol. The second-order valence-corrected chi connectivity index (χ2v) is 4.56. The van der Waals surface area contributed by atoms with Gasteiger partial charge < -0.3 is 15.2 Å². The van der Waals surface area contributed by atoms with Crippen molar-refractivity contribution in [1.82, 2.24) is 5.32 Å². The number of likely N-dealkylation sites (N-methyl/N-ethyl adjacent to an activating group) is 1. The number of carbonyl (C=O) groups is 2. The molecule has 2 N–H and O–H groups in total. The quantitative estimate of drug-likeness (QED) is 0.812. The maximum atomic E-state index is 11.4. The standard InChI is InChI=1S/C13H14BrNO4/c1-8(13(18)15-2)19-12-9(6-7-11(16)17)4-3-5-10(12)14/h3-8H,1-2H3,(H,15,18)(H,16,17)/b7-6+. The Morgan fingerprint density at radius 2 is 2.16 bits per heavy atom. The number of hydrogen-bond donors (Lipinski definition) is 2. The van der Waals surface area contributed by atoms with E-state index in [0.717, 1.165) is 6.08 Å². The SMILES string of the molecule is CNC(=O)C(C)Oc1c(Br)cccc1/C=C/C(=O)O. The molecule has 1 amide bonds. The van der Waals surface area contributed by atoms with Gasteiger partial charge in [0, 0.05) is 18.7 Å². The van der Waals surface area contributed by atoms with E-state index in [2.05, 4.69) is 21.2 Å². The van der Waals surface area contributed by atoms with E-state index in [4.69, 9.17) is 9.84 Å². The van der Waals surface area contributed by atoms with E-state index in [0.29, 0.717) is 15.8 Å². The molecule has 19 heavy (non-hydrogen) atoms. The summed E-state index contributed by atoms with van der Waals surface area (Å²) in [6, 6.07) is 5.21. The van der Waals surface area contributed by atoms with Crippen molar-refractivity contribution in [3.05, 3.63) is 34.3 Å². The van der Waals surface area contributed by atoms with Gasteiger partial charge in [-0.1, -0.05) is 12.1 Å². The number of benzene rings is 1. The highest BCUT2D eigenvalue weighted by Crippen LogP contribution is 2.30. The number of hydrogen-bond acceptors (Lipinski definition) is 3. The fraction of sp³-hybridized carbons (Fsp3) is 0.231. The molecule has 102 valence electrons. The number of carboxylic acid groups (broad SMARTS) is 1. The third-order valence-electron chi connectivity index (χ3n) is 2.31. The van der Waals surface area contributed by atoms with Gasteiger partial charge in [-0.25, -0.2) is 4.79 Å². The van der Waals surface area contributed by atoms with Crippen molar-refractivity contribution in [2.75, 3.05) is 7.05 Å². The summed E-state index contributed by atoms with van der Waals surface area (Å²) in [6.45, 7) is 1.61. The third kappa shape index (κ3) is 4.40. The first-order valence-corrected chi connectivity index (χ1v) is 6.32. The fourth-order valence-electron chi connectivity index (χ4n) is 1.38. The van der Waals surface area contributed by atoms with Crippen LogP contribution in [0.1, 0.15) is 12.5 Å². The van der Waals surface area contributed by atoms with Crippen LogP contribution in [0.15, 0.2) is 28.7 Å². The molecule has 0 saturated carbocycles. The summed E-state index contributed by atoms with van der Waals surface area (Å²) in [7, 11) is 1.52. The van der Waals surface area contributed by atoms with Gasteiger partial charge in [0.1, 0.15) is 5.75 Å². The molecule has 0 aliphatic rings. The van der Waals surface area contributed by atoms with Crippen LogP contribution in [0, 0.1) is 0 Å². The molecule has 0 saturated heterocycles. The first-order chi connectivity index (χ1) is 8.95. The number of halogens is 1. The zero-order valence-electron chi connectivity index (χ0n) is 10.5. The topological polar surface area (TPSA) is 75.6 Å². The van der Waals surface area contributed by atoms with Gasteiger partial charge in [-0.2, -0.15) is 0 Å². The Balaban J connectivity index is 3.04. The molecule has 1 atom stereocenters. The van der Waals surface area contributed by atoms with E-state index in [1.807, 2.05) is 0 Å². The maximum Gasteiger partial charge on any atom is 0.328 e. The number of carboxylic acids is 1. The molecule has 0 radical (unpaired) electrons. The van der Waals surface area contributed by atoms with E-state index in [9.17, 15) is 9.59 Å². The largest absolute Gasteiger partial charge is 0.479 e. The predicted molar refractivity (Wildman–Crippen MR) is 75.0 cm³/mol. The summed E-state index contributed by atoms with van der Waals surface area (Å²) in [5.41, 5.74) is 0.576. The van der Waals surface area contributed by atoms with Crippen LogP contribution in [0.2, 0.25) is 0 Å². The summed E-state index contributed by atoms with van der Waals surface area (Å²) in [5.74, 6) is -0.884. The van der Waals surface area contributed by atoms with Crippen molar-refractivity contribution in [1.29, 1.82) is 0 Å². The van der Waals surface area contributed by atoms with Crippen molar-refractivity contribution in [2.24, 2.45) is 0 Å². The number of para-hydroxylation sites is 1. The highest BCUT2D eigenvalue weighted by molar-refractivity contribution is 9.10. The van der Waals surface area contributed by atoms with Gasteiger partial charge in [0.2, 0.25) is 0 Å². The van der Waals surface area contributed by atoms with E-state index in [1.54, 1.807) is 25.1 Å². The molecule has 6 heteroatoms. The van der Waals surface area contributed by atoms with Gasteiger partial charge in [-0.05, 0) is 35.0 Å². The number of nitrogens with one attached hydrogen (secondary N) is 1. The Bertz CT molecular complexity index is 513. The number of ether oxygens (including phenoxy) is 1. The first kappa shape index (κ1) is 15.2. The number of carbonyl (C=O) groups excluding carboxylic acids is 1. The van der Waals surface area contributed by atoms with Crippen LogP contribution in [0.25, 0.3) is 6.08 Å². The molecule has 1 aromatic rings. The summed E-state index contributed by atoms with van der Waals surface area (Å²) in [6.07, 6.45) is 1.75. The van der Waals surface area contributed by atoms with Gasteiger partial charge >= 0.3 is 5.97 Å². The molecule has 0 heterocycles. The predicted octanol–water partition coefficient (Wildman–Crippen LogP) is 2.06. The van der Waals surface area contributed by atoms with Crippen LogP contribution in [0.3, 0.4) is 0 Å². The van der Waals surface area contributed by atoms with Gasteiger partial charge in [0.15, 0.2) is 6.10 Å². The smallest absolute Gasteiger partial charge is 0.328 e. The molecular formula is C13H14BrNO4. The van der Waals surface area contributed by atoms with Crippen LogP contribution in [-0.2, 0) is 9.59 Å². The van der Waals surface area contributed by atoms with Crippen LogP contribution < -0.4 is 10.1 Å². The Morgan fingerprint density at radius 3 is 2.74 bits per heavy atom. The lowest BCUT2D eigenvalue weighted by atomic mass is 10.2. The van der Waals surface area contributed by atoms with Crippen LogP contribution in [-0.4, -0.2) is 30.1 Å². The van der Waals surface area contributed by atoms with Crippen LogP contribution in [0.4, 0.5) is 0 Å². The zero-order valence-corrected chi connectivity index (χ0v) is 12.1. The van der Waals surface area contributed by atoms with Crippen molar-refractivity contribution < 1.29 is 19.4 Å². The van der Waals surface area contributed by atoms with Crippen molar-refractivity contribution >= 4 is 33.9 Å². The summed E-state index contributed by atoms with van der Waals surface area (Å²) in [5, 5.41) is 11.1. The molecule has 0 spiro atoms. The molecule has 1 rings (SSSR count). The average molecular weight is 328 g/mol. The molecule has 5 nitrogen and oxygen atoms in total. The van der Waals surface area contributed by atoms with E-state index in [-0.39, 0.29) is 5.91 Å². The Labute approximate surface area is 119 Å². The maximum absolute atomic E-state index is 11.4. The lowest BCUT2D eigenvalue weighted by Gasteiger charge is -2.16. The van der Waals surface area contributed by atoms with Crippen LogP contribution >= 0.6 is 15.9 Å². The lowest BCUT2D eigenvalue weighted by Crippen LogP contribution is -2.33. The number of aliphatic carboxylic acids is 1. The summed E-state index contributed by atoms with van der Waals surface area (Å²) in [4.78, 5) is 22.0. The Hall–Kier alpha value is -1.82. The van der Waals surface area contributed by atoms with Crippen molar-refractivity contribution in [3.8, 4) is 5.75 Å². The molecule has 0 aliphatic heterocycles. The van der Waals surface area contributed by atoms with Gasteiger partial charge in [0.25, 0.3) is 5.91 Å². The molecule has 0 aliphatic carbocycles. The minimum atomic E-state index is -1.05. The fourth-order valence-corrected chi connectivity index (χ4v) is 1.85. The van der Waals surface area contributed by atoms with Crippen LogP contribution in [0.5, 0.6) is 5.75 Å². The molecular weight excluding hydrogens is 314 g/mol. The molecule has 0 fully saturated rings. The third-order valence-corrected chi connectivity index (χ3v) is 2.94. The van der Waals surface area contributed by atoms with Gasteiger partial charge in [-0.15, -0.1) is 0 Å². The molecule has 0 aromatic heterocycles. The molecule has 0 bridgehead atoms. The van der Waals surface area contributed by atoms with Gasteiger partial charge in [-0.3, -0.25) is 4.79 Å². The van der Waals surface area contributed by atoms with E-state index in [1.165, 1.54) is 13.1 Å². The zero-order chi connectivity index (χ0) is 14.4. The number of rotatable bonds is 5. The summed E-state index contributed by atoms with van der Waals surface area (Å²) >= 11 is 3.32. The van der Waals surface area contributed by atoms with Crippen molar-refractivity contribution in [2.45, 2.75) is 13.0 Å². The first-order valence-electron chi connectivity index (χ1n) is 5.53. The van der Waals surface area contributed by atoms with E-state index < -0.39 is 12.1 Å². The van der Waals surface area contributed by atoms with Crippen molar-refractivity contribution in [3.63, 3.8) is 0 Å². The minimum absolute atomic E-state index is 0.260. The Morgan fingerprint density at radius 1 is 1.47 bits per heavy atom. The Kier molecular flexibility index (Phi) is 5.57. The summed E-state index contributed by atoms with van der Waals surface area (Å²) < 4.78 is 6.21. The minimum Gasteiger partial charge on any atom is -0.479 e. The average Bonchev–Trinajstić information content (AvgIpc) is 2.38. The highest BCUT2D eigenvalue weighted by Gasteiger charge is 2.16. The second kappa shape index (κ2) is 6.94. The molecule has 1 unspecified atom stereocenters. The normalized spacial score (nSPS) is 12.2. The van der Waals surface area contributed by atoms with Gasteiger partial charge in [0.05, 0.1) is 4.47 Å². The lowest BCUT2D eigenvalue weighted by molar-refractivity contribution is -0.131. The molecule has 1 aromatic carbocycles. The van der Waals surface area contributed by atoms with E-state index >= 15 is 0 Å². The highest BCUT2D eigenvalue weighted by atomic mass is 79.9. The second-order valence-electron chi connectivity index (χ2n) is 3.70. The number of amides is 1.